The Kier molecular flexibility index (Phi) is 54.8. The standard InChI is InChI=1S/C21H25ClN2O.C21H24N2O.C19H24N2.C14H18N2O.C13H17NO.C6H7N.C4H6O4.C2H2Cl2O.C2H4O2.Al.B.3ClH.Na.H2/c1-17-15-23(16-18-8-4-2-5-9-18)13-12-20(17)24(21(25)14-22)19-10-6-3-7-11-19;1-16-14-22(15-17-7-3-2-4-8-17)12-11-19(16)23-20-10-6-5-9-18(20)13-21(23)24;1-16-14-21(15-17-8-4-2-5-9-17)13-12-19(16)20-18-10-6-3-7-11-18;1-10-9-15-7-6-12(10)16-13-5-3-2-4-11(13)8-14(16)17;1-11-9-14(8-7-13(11)15)10-12-5-3-2-4-6-12;7-6-4-2-1-3-5-6;1-3(5)7-8-4(2)6;3-1-2(4)5;1-2(3)4;;;;;;;/h2-11,17,20H,12-16H2,1H3;2-10,16,19H,11-15H2,1H3;2-11,16,19-20H,12-15H2,1H3;2-5,10,12,15H,6-9H2,1H3;2-6,11H,7-10H2,1H3;1-5H,7H2;1-2H3;1H2;1H3,(H,3,4);;;3*1H;;1H/q;;;;;;;;;+3;;;;;+1;/p-4/t17-,20?;2*16-,19?;10-,12?;;;;;;;;;;;;/m1111............/s1. The molecular formula is C102H128AlBCl6N10NaO11. The molecule has 7 aliphatic rings. The Morgan fingerprint density at radius 2 is 0.841 bits per heavy atom. The van der Waals surface area contributed by atoms with Gasteiger partial charge in [0.05, 0.1) is 18.7 Å². The molecular weight excluding hydrogens is 1810 g/mol. The Morgan fingerprint density at radius 3 is 1.20 bits per heavy atom. The third-order valence-corrected chi connectivity index (χ3v) is 23.6. The number of amides is 3. The number of alkyl halides is 2. The maximum absolute atomic E-state index is 12.6. The molecule has 9 aromatic rings. The molecule has 3 amide bonds. The average Bonchev–Trinajstić information content (AvgIpc) is 1.38. The van der Waals surface area contributed by atoms with Gasteiger partial charge in [0, 0.05) is 173 Å². The molecule has 132 heavy (non-hydrogen) atoms. The number of Topliss-reactive ketones (excluding diaryl/α,β-unsaturated/α-hetero) is 1. The van der Waals surface area contributed by atoms with E-state index >= 15 is 0 Å². The smallest absolute Gasteiger partial charge is 0.550 e. The van der Waals surface area contributed by atoms with Gasteiger partial charge < -0.3 is 41.0 Å². The van der Waals surface area contributed by atoms with Gasteiger partial charge in [0.1, 0.15) is 11.7 Å². The minimum absolute atomic E-state index is 0. The number of nitrogens with two attached hydrogens (primary N) is 1. The number of ketones is 1. The summed E-state index contributed by atoms with van der Waals surface area (Å²) in [6.07, 6.45) is 6.14. The molecule has 4 N–H and O–H groups in total. The van der Waals surface area contributed by atoms with Crippen LogP contribution < -0.4 is 65.7 Å². The Balaban J connectivity index is 0.000000324. The van der Waals surface area contributed by atoms with Crippen LogP contribution in [0, 0.1) is 29.6 Å². The summed E-state index contributed by atoms with van der Waals surface area (Å²) in [5.74, 6) is 0.787. The quantitative estimate of drug-likeness (QED) is 0.0203. The van der Waals surface area contributed by atoms with Crippen LogP contribution in [0.2, 0.25) is 0 Å². The topological polar surface area (TPSA) is 251 Å². The molecule has 7 heterocycles. The van der Waals surface area contributed by atoms with Crippen LogP contribution in [0.5, 0.6) is 0 Å². The number of aliphatic carboxylic acids is 1. The number of fused-ring (bicyclic) bond motifs is 2. The zero-order chi connectivity index (χ0) is 94.3. The molecule has 9 atom stereocenters. The summed E-state index contributed by atoms with van der Waals surface area (Å²) >= 11 is 13.7. The summed E-state index contributed by atoms with van der Waals surface area (Å²) < 4.78 is 0. The summed E-state index contributed by atoms with van der Waals surface area (Å²) in [6, 6.07) is 90.3. The van der Waals surface area contributed by atoms with Crippen molar-refractivity contribution in [1.82, 2.24) is 24.9 Å². The second-order valence-corrected chi connectivity index (χ2v) is 40.6. The van der Waals surface area contributed by atoms with Crippen molar-refractivity contribution in [3.8, 4) is 0 Å². The van der Waals surface area contributed by atoms with Gasteiger partial charge in [-0.3, -0.25) is 43.6 Å². The second kappa shape index (κ2) is 63.2. The van der Waals surface area contributed by atoms with Crippen molar-refractivity contribution >= 4 is 160 Å². The van der Waals surface area contributed by atoms with Gasteiger partial charge in [-0.15, -0.1) is 23.2 Å². The van der Waals surface area contributed by atoms with Crippen LogP contribution in [0.1, 0.15) is 122 Å². The number of carbonyl (C=O) groups is 8. The fourth-order valence-electron chi connectivity index (χ4n) is 16.8. The number of halogens is 6. The van der Waals surface area contributed by atoms with Gasteiger partial charge >= 0.3 is 52.9 Å². The number of likely N-dealkylation sites (tertiary alicyclic amines) is 4. The predicted molar refractivity (Wildman–Crippen MR) is 537 cm³/mol. The van der Waals surface area contributed by atoms with E-state index in [9.17, 15) is 33.6 Å². The van der Waals surface area contributed by atoms with E-state index < -0.39 is 34.5 Å². The molecule has 21 nitrogen and oxygen atoms in total. The molecule has 0 aromatic heterocycles. The van der Waals surface area contributed by atoms with Gasteiger partial charge in [-0.1, -0.05) is 247 Å². The molecule has 5 fully saturated rings. The van der Waals surface area contributed by atoms with Crippen LogP contribution >= 0.6 is 65.0 Å². The molecule has 7 aliphatic heterocycles. The normalized spacial score (nSPS) is 19.9. The second-order valence-electron chi connectivity index (χ2n) is 33.2. The van der Waals surface area contributed by atoms with Crippen LogP contribution in [0.15, 0.2) is 261 Å². The van der Waals surface area contributed by atoms with Crippen LogP contribution in [0.25, 0.3) is 0 Å². The molecule has 0 bridgehead atoms. The number of piperidine rings is 5. The van der Waals surface area contributed by atoms with Crippen molar-refractivity contribution in [2.24, 2.45) is 29.6 Å². The van der Waals surface area contributed by atoms with Gasteiger partial charge in [0.25, 0.3) is 0 Å². The Morgan fingerprint density at radius 1 is 0.485 bits per heavy atom. The van der Waals surface area contributed by atoms with E-state index in [-0.39, 0.29) is 80.8 Å². The number of carbonyl (C=O) groups excluding carboxylic acids is 8. The first-order valence-corrected chi connectivity index (χ1v) is 51.0. The minimum atomic E-state index is -1.72. The number of anilines is 5. The predicted octanol–water partition coefficient (Wildman–Crippen LogP) is 14.9. The van der Waals surface area contributed by atoms with E-state index in [1.165, 1.54) is 58.6 Å². The van der Waals surface area contributed by atoms with Crippen molar-refractivity contribution in [3.05, 3.63) is 294 Å². The molecule has 0 spiro atoms. The number of rotatable bonds is 16. The largest absolute Gasteiger partial charge is 1.00 e. The molecule has 30 heteroatoms. The number of hydrogen-bond acceptors (Lipinski definition) is 18. The van der Waals surface area contributed by atoms with Crippen molar-refractivity contribution in [1.29, 1.82) is 0 Å². The molecule has 9 aromatic carbocycles. The van der Waals surface area contributed by atoms with E-state index in [0.29, 0.717) is 66.8 Å². The van der Waals surface area contributed by atoms with Gasteiger partial charge in [-0.05, 0) is 163 Å². The molecule has 5 unspecified atom stereocenters. The Hall–Kier alpha value is -8.12. The van der Waals surface area contributed by atoms with Gasteiger partial charge in [-0.2, -0.15) is 0 Å². The Bertz CT molecular complexity index is 4840. The van der Waals surface area contributed by atoms with Crippen LogP contribution in [0.3, 0.4) is 0 Å². The number of carboxylic acid groups (broad SMARTS) is 1. The average molecular weight is 1940 g/mol. The first kappa shape index (κ1) is 114. The molecule has 0 aliphatic carbocycles. The van der Waals surface area contributed by atoms with E-state index in [2.05, 4.69) is 236 Å². The number of hydrogen-bond donors (Lipinski definition) is 3. The molecule has 16 rings (SSSR count). The van der Waals surface area contributed by atoms with Crippen molar-refractivity contribution < 1.29 is 84.2 Å². The molecule has 701 valence electrons. The van der Waals surface area contributed by atoms with Gasteiger partial charge in [-0.25, -0.2) is 49.5 Å². The van der Waals surface area contributed by atoms with Crippen molar-refractivity contribution in [2.75, 3.05) is 103 Å². The number of nitrogens with one attached hydrogen (secondary N) is 2. The number of benzene rings is 9. The summed E-state index contributed by atoms with van der Waals surface area (Å²) in [4.78, 5) is 110. The van der Waals surface area contributed by atoms with E-state index in [0.717, 1.165) is 141 Å². The maximum atomic E-state index is 12.6. The van der Waals surface area contributed by atoms with E-state index in [1.54, 1.807) is 0 Å². The summed E-state index contributed by atoms with van der Waals surface area (Å²) in [6.45, 7) is 28.7. The molecule has 5 saturated heterocycles. The van der Waals surface area contributed by atoms with Crippen LogP contribution in [-0.2, 0) is 87.2 Å². The minimum Gasteiger partial charge on any atom is -0.550 e. The number of carboxylic acids is 1. The SMILES string of the molecule is CC(=O)OOC(C)=O.CC(=O)[O-].CC1CN(Cc2ccccc2)CCC1=O.C[C@@H]1CN(Cc2ccccc2)CCC1N(C(=O)CCl)c1ccccc1.C[C@@H]1CN(Cc2ccccc2)CCC1N1C(=O)Cc2ccccc21.C[C@@H]1CN(Cc2ccccc2)CCC1Nc1ccccc1.C[C@@H]1CNCCC1N1C(=O)Cc2ccccc21.Nc1ccccc1.O=C(Cl)CCl.[B].[Cl][Al]([Cl])[Cl].[HH].[Na+]. The van der Waals surface area contributed by atoms with Gasteiger partial charge in [0.15, 0.2) is 0 Å². The zero-order valence-electron chi connectivity index (χ0n) is 77.4. The van der Waals surface area contributed by atoms with E-state index in [4.69, 9.17) is 80.6 Å². The summed E-state index contributed by atoms with van der Waals surface area (Å²) in [5.41, 5.74) is 18.5. The van der Waals surface area contributed by atoms with E-state index in [1.807, 2.05) is 114 Å². The first-order chi connectivity index (χ1) is 62.5. The summed E-state index contributed by atoms with van der Waals surface area (Å²) in [7, 11) is 14.8. The van der Waals surface area contributed by atoms with Crippen molar-refractivity contribution in [3.63, 3.8) is 0 Å². The molecule has 0 saturated carbocycles. The van der Waals surface area contributed by atoms with Crippen LogP contribution in [0.4, 0.5) is 28.4 Å². The summed E-state index contributed by atoms with van der Waals surface area (Å²) in [5, 5.41) is 15.5. The third-order valence-electron chi connectivity index (χ3n) is 22.8. The number of nitrogens with zero attached hydrogens (tertiary/aromatic N) is 7. The number of nitrogen functional groups attached to an aromatic ring is 1. The Labute approximate surface area is 839 Å². The maximum Gasteiger partial charge on any atom is 1.00 e. The first-order valence-electron chi connectivity index (χ1n) is 44.3. The molecule has 3 radical (unpaired) electrons. The fourth-order valence-corrected chi connectivity index (χ4v) is 17.0. The van der Waals surface area contributed by atoms with Crippen LogP contribution in [-0.4, -0.2) is 187 Å². The number of para-hydroxylation sites is 5. The zero-order valence-corrected chi connectivity index (χ0v) is 85.1. The monoisotopic (exact) mass is 1940 g/mol. The third kappa shape index (κ3) is 42.0. The van der Waals surface area contributed by atoms with Gasteiger partial charge in [0.2, 0.25) is 23.0 Å². The van der Waals surface area contributed by atoms with Crippen molar-refractivity contribution in [2.45, 2.75) is 151 Å². The fraction of sp³-hybridized carbons (Fsp3) is 0.392.